The van der Waals surface area contributed by atoms with E-state index in [0.29, 0.717) is 0 Å². The highest BCUT2D eigenvalue weighted by Gasteiger charge is 2.07. The number of carboxylic acid groups (broad SMARTS) is 1. The number of rotatable bonds is 2. The quantitative estimate of drug-likeness (QED) is 0.611. The van der Waals surface area contributed by atoms with Crippen LogP contribution in [0.3, 0.4) is 0 Å². The molecule has 4 N–H and O–H groups in total. The molecule has 4 heteroatoms. The van der Waals surface area contributed by atoms with E-state index in [1.807, 2.05) is 0 Å². The van der Waals surface area contributed by atoms with Crippen LogP contribution in [0, 0.1) is 0 Å². The molecular formula is C9H11NO3. The summed E-state index contributed by atoms with van der Waals surface area (Å²) in [7, 11) is 0. The van der Waals surface area contributed by atoms with E-state index in [1.165, 1.54) is 11.1 Å². The molecule has 0 spiro atoms. The normalized spacial score (nSPS) is 12.5. The first-order chi connectivity index (χ1) is 6.15. The number of hydrogen-bond acceptors (Lipinski definition) is 3. The lowest BCUT2D eigenvalue weighted by atomic mass is 9.95. The molecule has 0 saturated carbocycles. The Bertz CT molecular complexity index is 273. The van der Waals surface area contributed by atoms with Crippen molar-refractivity contribution < 1.29 is 15.0 Å². The summed E-state index contributed by atoms with van der Waals surface area (Å²) in [5, 5.41) is 15.9. The fourth-order valence-corrected chi connectivity index (χ4v) is 0.741. The summed E-state index contributed by atoms with van der Waals surface area (Å²) in [6.07, 6.45) is 0. The smallest absolute Gasteiger partial charge is 0.322 e. The van der Waals surface area contributed by atoms with Gasteiger partial charge in [0.05, 0.1) is 6.61 Å². The molecule has 70 valence electrons. The van der Waals surface area contributed by atoms with Crippen LogP contribution in [0.2, 0.25) is 0 Å². The number of benzene rings is 1. The number of aliphatic hydroxyl groups is 1. The maximum atomic E-state index is 9.65. The molecule has 0 fully saturated rings. The number of aliphatic carboxylic acids is 1. The molecule has 13 heavy (non-hydrogen) atoms. The standard InChI is InChI=1S/C6H4.C3H7NO3/c1-2-6-4-3-5(1)6;4-2(1-5)3(6)7/h1-4H;2,5H,1,4H2,(H,6,7). The molecule has 2 rings (SSSR count). The van der Waals surface area contributed by atoms with Crippen molar-refractivity contribution in [3.63, 3.8) is 0 Å². The summed E-state index contributed by atoms with van der Waals surface area (Å²) in [5.74, 6) is -1.18. The van der Waals surface area contributed by atoms with Crippen molar-refractivity contribution in [3.05, 3.63) is 24.3 Å². The summed E-state index contributed by atoms with van der Waals surface area (Å²) < 4.78 is 0. The topological polar surface area (TPSA) is 83.5 Å². The molecule has 0 saturated heterocycles. The molecule has 1 atom stereocenters. The second-order valence-electron chi connectivity index (χ2n) is 2.70. The van der Waals surface area contributed by atoms with E-state index in [-0.39, 0.29) is 0 Å². The molecule has 0 aliphatic heterocycles. The van der Waals surface area contributed by atoms with E-state index < -0.39 is 18.6 Å². The summed E-state index contributed by atoms with van der Waals surface area (Å²) >= 11 is 0. The molecule has 0 bridgehead atoms. The van der Waals surface area contributed by atoms with Gasteiger partial charge < -0.3 is 15.9 Å². The van der Waals surface area contributed by atoms with Gasteiger partial charge in [-0.1, -0.05) is 24.3 Å². The number of nitrogens with two attached hydrogens (primary N) is 1. The molecule has 0 radical (unpaired) electrons. The van der Waals surface area contributed by atoms with Gasteiger partial charge in [-0.05, 0) is 11.1 Å². The number of aliphatic hydroxyl groups excluding tert-OH is 1. The minimum absolute atomic E-state index is 0.505. The highest BCUT2D eigenvalue weighted by molar-refractivity contribution is 5.75. The maximum absolute atomic E-state index is 9.65. The van der Waals surface area contributed by atoms with Gasteiger partial charge in [-0.15, -0.1) is 0 Å². The Morgan fingerprint density at radius 3 is 1.69 bits per heavy atom. The Balaban J connectivity index is 0.000000130. The van der Waals surface area contributed by atoms with Crippen LogP contribution in [0.15, 0.2) is 24.3 Å². The molecule has 1 unspecified atom stereocenters. The van der Waals surface area contributed by atoms with E-state index in [1.54, 1.807) is 0 Å². The zero-order valence-electron chi connectivity index (χ0n) is 6.97. The number of carbonyl (C=O) groups is 1. The summed E-state index contributed by atoms with van der Waals surface area (Å²) in [6, 6.07) is 7.36. The first kappa shape index (κ1) is 9.70. The Morgan fingerprint density at radius 2 is 1.69 bits per heavy atom. The minimum Gasteiger partial charge on any atom is -0.480 e. The summed E-state index contributed by atoms with van der Waals surface area (Å²) in [5.41, 5.74) is 7.62. The van der Waals surface area contributed by atoms with E-state index in [0.717, 1.165) is 0 Å². The molecule has 0 aromatic carbocycles. The predicted octanol–water partition coefficient (Wildman–Crippen LogP) is 0.0576. The highest BCUT2D eigenvalue weighted by atomic mass is 16.4. The van der Waals surface area contributed by atoms with Gasteiger partial charge in [-0.25, -0.2) is 0 Å². The second-order valence-corrected chi connectivity index (χ2v) is 2.70. The average molecular weight is 181 g/mol. The Kier molecular flexibility index (Phi) is 3.00. The molecule has 4 nitrogen and oxygen atoms in total. The fraction of sp³-hybridized carbons (Fsp3) is 0.222. The monoisotopic (exact) mass is 181 g/mol. The third kappa shape index (κ3) is 2.27. The molecule has 0 aromatic rings. The highest BCUT2D eigenvalue weighted by Crippen LogP contribution is 2.29. The lowest BCUT2D eigenvalue weighted by Crippen LogP contribution is -2.33. The lowest BCUT2D eigenvalue weighted by molar-refractivity contribution is -0.139. The molecule has 2 aliphatic rings. The first-order valence-corrected chi connectivity index (χ1v) is 3.85. The van der Waals surface area contributed by atoms with Crippen LogP contribution in [0.5, 0.6) is 0 Å². The Hall–Kier alpha value is -1.39. The van der Waals surface area contributed by atoms with Crippen LogP contribution in [-0.2, 0) is 4.79 Å². The van der Waals surface area contributed by atoms with Gasteiger partial charge in [-0.2, -0.15) is 0 Å². The maximum Gasteiger partial charge on any atom is 0.322 e. The van der Waals surface area contributed by atoms with Crippen molar-refractivity contribution in [1.82, 2.24) is 0 Å². The molecule has 0 heterocycles. The van der Waals surface area contributed by atoms with Crippen molar-refractivity contribution in [2.24, 2.45) is 5.73 Å². The summed E-state index contributed by atoms with van der Waals surface area (Å²) in [4.78, 5) is 9.65. The SMILES string of the molecule is NC(CO)C(=O)O.c1cc2ccc1-2. The van der Waals surface area contributed by atoms with Crippen LogP contribution in [-0.4, -0.2) is 28.8 Å². The number of hydrogen-bond donors (Lipinski definition) is 3. The fourth-order valence-electron chi connectivity index (χ4n) is 0.741. The third-order valence-corrected chi connectivity index (χ3v) is 1.73. The lowest BCUT2D eigenvalue weighted by Gasteiger charge is -2.10. The van der Waals surface area contributed by atoms with Crippen LogP contribution in [0.4, 0.5) is 0 Å². The number of fused-ring (bicyclic) bond motifs is 1. The van der Waals surface area contributed by atoms with Gasteiger partial charge in [0, 0.05) is 0 Å². The van der Waals surface area contributed by atoms with E-state index in [2.05, 4.69) is 24.3 Å². The molecule has 0 amide bonds. The Labute approximate surface area is 75.6 Å². The van der Waals surface area contributed by atoms with Gasteiger partial charge in [-0.3, -0.25) is 4.79 Å². The minimum atomic E-state index is -1.18. The molecule has 0 aromatic heterocycles. The molecule has 2 aliphatic carbocycles. The summed E-state index contributed by atoms with van der Waals surface area (Å²) in [6.45, 7) is -0.505. The van der Waals surface area contributed by atoms with Gasteiger partial charge in [0.25, 0.3) is 0 Å². The third-order valence-electron chi connectivity index (χ3n) is 1.73. The molecular weight excluding hydrogens is 170 g/mol. The van der Waals surface area contributed by atoms with Crippen molar-refractivity contribution in [3.8, 4) is 11.1 Å². The van der Waals surface area contributed by atoms with Crippen molar-refractivity contribution in [2.45, 2.75) is 6.04 Å². The first-order valence-electron chi connectivity index (χ1n) is 3.85. The zero-order valence-corrected chi connectivity index (χ0v) is 6.97. The van der Waals surface area contributed by atoms with Crippen molar-refractivity contribution >= 4 is 5.97 Å². The predicted molar refractivity (Wildman–Crippen MR) is 48.1 cm³/mol. The van der Waals surface area contributed by atoms with Crippen LogP contribution >= 0.6 is 0 Å². The van der Waals surface area contributed by atoms with Crippen molar-refractivity contribution in [2.75, 3.05) is 6.61 Å². The van der Waals surface area contributed by atoms with E-state index in [9.17, 15) is 4.79 Å². The van der Waals surface area contributed by atoms with Gasteiger partial charge in [0.2, 0.25) is 0 Å². The van der Waals surface area contributed by atoms with E-state index >= 15 is 0 Å². The van der Waals surface area contributed by atoms with Gasteiger partial charge >= 0.3 is 5.97 Å². The van der Waals surface area contributed by atoms with Gasteiger partial charge in [0.15, 0.2) is 0 Å². The van der Waals surface area contributed by atoms with Gasteiger partial charge in [0.1, 0.15) is 6.04 Å². The largest absolute Gasteiger partial charge is 0.480 e. The second kappa shape index (κ2) is 4.02. The zero-order chi connectivity index (χ0) is 9.84. The van der Waals surface area contributed by atoms with Crippen molar-refractivity contribution in [1.29, 1.82) is 0 Å². The Morgan fingerprint density at radius 1 is 1.31 bits per heavy atom. The van der Waals surface area contributed by atoms with Crippen LogP contribution in [0.1, 0.15) is 0 Å². The average Bonchev–Trinajstić information content (AvgIpc) is 2.10. The van der Waals surface area contributed by atoms with Crippen LogP contribution in [0.25, 0.3) is 11.1 Å². The number of carboxylic acids is 1. The van der Waals surface area contributed by atoms with Crippen LogP contribution < -0.4 is 5.73 Å². The van der Waals surface area contributed by atoms with E-state index in [4.69, 9.17) is 15.9 Å².